The zero-order valence-corrected chi connectivity index (χ0v) is 38.2. The zero-order chi connectivity index (χ0) is 46.0. The smallest absolute Gasteiger partial charge is 0.137 e. The highest BCUT2D eigenvalue weighted by molar-refractivity contribution is 6.07. The van der Waals surface area contributed by atoms with Crippen molar-refractivity contribution in [2.75, 3.05) is 4.90 Å². The van der Waals surface area contributed by atoms with Crippen LogP contribution in [0.15, 0.2) is 265 Å². The molecule has 0 radical (unpaired) electrons. The summed E-state index contributed by atoms with van der Waals surface area (Å²) in [6.45, 7) is 0. The van der Waals surface area contributed by atoms with Crippen LogP contribution in [-0.4, -0.2) is 0 Å². The number of nitrogens with zero attached hydrogens (tertiary/aromatic N) is 1. The van der Waals surface area contributed by atoms with Crippen molar-refractivity contribution in [2.24, 2.45) is 0 Å². The Hall–Kier alpha value is -8.98. The van der Waals surface area contributed by atoms with Crippen molar-refractivity contribution in [3.8, 4) is 44.5 Å². The fourth-order valence-electron chi connectivity index (χ4n) is 13.0. The van der Waals surface area contributed by atoms with E-state index >= 15 is 0 Å². The van der Waals surface area contributed by atoms with Gasteiger partial charge in [-0.2, -0.15) is 0 Å². The molecule has 1 spiro atoms. The summed E-state index contributed by atoms with van der Waals surface area (Å²) in [5.74, 6) is 0. The molecule has 326 valence electrons. The van der Waals surface area contributed by atoms with Crippen molar-refractivity contribution in [1.29, 1.82) is 0 Å². The molecule has 11 aromatic carbocycles. The predicted octanol–water partition coefficient (Wildman–Crippen LogP) is 17.4. The predicted molar refractivity (Wildman–Crippen MR) is 287 cm³/mol. The number of hydrogen-bond donors (Lipinski definition) is 0. The van der Waals surface area contributed by atoms with E-state index in [2.05, 4.69) is 266 Å². The Kier molecular flexibility index (Phi) is 8.24. The van der Waals surface area contributed by atoms with Gasteiger partial charge in [0.05, 0.1) is 16.5 Å². The van der Waals surface area contributed by atoms with Crippen molar-refractivity contribution >= 4 is 39.0 Å². The first-order valence-corrected chi connectivity index (χ1v) is 24.3. The van der Waals surface area contributed by atoms with Gasteiger partial charge in [-0.05, 0) is 126 Å². The minimum Gasteiger partial charge on any atom is -0.456 e. The molecule has 2 heteroatoms. The number of hydrogen-bond acceptors (Lipinski definition) is 2. The van der Waals surface area contributed by atoms with Gasteiger partial charge in [-0.15, -0.1) is 0 Å². The fraction of sp³-hybridized carbons (Fsp3) is 0.0294. The summed E-state index contributed by atoms with van der Waals surface area (Å²) in [5.41, 5.74) is 24.0. The van der Waals surface area contributed by atoms with Crippen molar-refractivity contribution in [3.63, 3.8) is 0 Å². The van der Waals surface area contributed by atoms with Crippen LogP contribution >= 0.6 is 0 Å². The molecule has 0 saturated carbocycles. The Labute approximate surface area is 407 Å². The van der Waals surface area contributed by atoms with Crippen LogP contribution in [-0.2, 0) is 10.8 Å². The Bertz CT molecular complexity index is 3990. The molecule has 1 aromatic heterocycles. The van der Waals surface area contributed by atoms with Gasteiger partial charge in [-0.1, -0.05) is 212 Å². The molecule has 2 nitrogen and oxygen atoms in total. The van der Waals surface area contributed by atoms with Gasteiger partial charge in [-0.25, -0.2) is 0 Å². The van der Waals surface area contributed by atoms with Gasteiger partial charge >= 0.3 is 0 Å². The molecule has 0 atom stereocenters. The second-order valence-corrected chi connectivity index (χ2v) is 19.0. The highest BCUT2D eigenvalue weighted by Gasteiger charge is 2.52. The first-order valence-electron chi connectivity index (χ1n) is 24.3. The molecule has 0 unspecified atom stereocenters. The molecule has 0 amide bonds. The lowest BCUT2D eigenvalue weighted by atomic mass is 9.67. The average molecular weight is 890 g/mol. The van der Waals surface area contributed by atoms with Gasteiger partial charge in [0.15, 0.2) is 0 Å². The van der Waals surface area contributed by atoms with Gasteiger partial charge in [0.1, 0.15) is 11.2 Å². The van der Waals surface area contributed by atoms with Crippen LogP contribution in [0.25, 0.3) is 66.4 Å². The molecule has 15 rings (SSSR count). The quantitative estimate of drug-likeness (QED) is 0.165. The van der Waals surface area contributed by atoms with Crippen molar-refractivity contribution in [3.05, 3.63) is 305 Å². The Morgan fingerprint density at radius 1 is 0.271 bits per heavy atom. The van der Waals surface area contributed by atoms with E-state index in [4.69, 9.17) is 4.42 Å². The van der Waals surface area contributed by atoms with Crippen LogP contribution in [0.3, 0.4) is 0 Å². The van der Waals surface area contributed by atoms with Crippen molar-refractivity contribution in [1.82, 2.24) is 0 Å². The van der Waals surface area contributed by atoms with E-state index < -0.39 is 10.8 Å². The third kappa shape index (κ3) is 5.17. The molecule has 0 fully saturated rings. The van der Waals surface area contributed by atoms with E-state index in [9.17, 15) is 0 Å². The Morgan fingerprint density at radius 2 is 0.714 bits per heavy atom. The minimum atomic E-state index is -0.581. The maximum absolute atomic E-state index is 6.74. The summed E-state index contributed by atoms with van der Waals surface area (Å²) < 4.78 is 6.74. The van der Waals surface area contributed by atoms with E-state index in [1.807, 2.05) is 0 Å². The van der Waals surface area contributed by atoms with Crippen LogP contribution in [0.2, 0.25) is 0 Å². The van der Waals surface area contributed by atoms with E-state index in [1.165, 1.54) is 77.9 Å². The van der Waals surface area contributed by atoms with Crippen molar-refractivity contribution in [2.45, 2.75) is 10.8 Å². The second-order valence-electron chi connectivity index (χ2n) is 19.0. The molecule has 0 saturated heterocycles. The van der Waals surface area contributed by atoms with Gasteiger partial charge in [0.2, 0.25) is 0 Å². The van der Waals surface area contributed by atoms with Gasteiger partial charge in [-0.3, -0.25) is 0 Å². The minimum absolute atomic E-state index is 0.535. The molecule has 3 aliphatic carbocycles. The maximum Gasteiger partial charge on any atom is 0.137 e. The molecular formula is C68H43NO. The largest absolute Gasteiger partial charge is 0.456 e. The Morgan fingerprint density at radius 3 is 1.33 bits per heavy atom. The summed E-state index contributed by atoms with van der Waals surface area (Å²) in [7, 11) is 0. The lowest BCUT2D eigenvalue weighted by Gasteiger charge is -2.35. The van der Waals surface area contributed by atoms with Crippen LogP contribution < -0.4 is 4.90 Å². The zero-order valence-electron chi connectivity index (χ0n) is 38.2. The molecule has 70 heavy (non-hydrogen) atoms. The first-order chi connectivity index (χ1) is 34.7. The molecule has 0 aliphatic heterocycles. The number of para-hydroxylation sites is 1. The van der Waals surface area contributed by atoms with Crippen LogP contribution in [0.1, 0.15) is 44.5 Å². The summed E-state index contributed by atoms with van der Waals surface area (Å²) in [5, 5.41) is 2.21. The monoisotopic (exact) mass is 889 g/mol. The molecule has 3 aliphatic rings. The second kappa shape index (κ2) is 14.8. The van der Waals surface area contributed by atoms with Gasteiger partial charge in [0.25, 0.3) is 0 Å². The third-order valence-electron chi connectivity index (χ3n) is 15.8. The van der Waals surface area contributed by atoms with E-state index in [-0.39, 0.29) is 0 Å². The average Bonchev–Trinajstić information content (AvgIpc) is 4.14. The van der Waals surface area contributed by atoms with Crippen LogP contribution in [0.4, 0.5) is 17.1 Å². The standard InChI is InChI=1S/C68H43NO/c1-4-20-44(21-5-1)56-42-57-52-29-13-18-34-61(52)68(59-32-16-11-26-49(59)50-27-12-17-33-60(50)68)63(57)43-64(56)69(48-37-39-55-54-30-14-19-35-65(54)70-66(55)41-48)47-36-38-53-51-28-10-15-31-58(51)67(62(53)40-47,45-22-6-2-7-23-45)46-24-8-3-9-25-46/h1-43H. The third-order valence-corrected chi connectivity index (χ3v) is 15.8. The van der Waals surface area contributed by atoms with Crippen LogP contribution in [0, 0.1) is 0 Å². The summed E-state index contributed by atoms with van der Waals surface area (Å²) >= 11 is 0. The first kappa shape index (κ1) is 39.1. The normalized spacial score (nSPS) is 13.9. The van der Waals surface area contributed by atoms with Gasteiger partial charge < -0.3 is 9.32 Å². The van der Waals surface area contributed by atoms with Gasteiger partial charge in [0, 0.05) is 33.8 Å². The summed E-state index contributed by atoms with van der Waals surface area (Å²) in [4.78, 5) is 2.52. The van der Waals surface area contributed by atoms with E-state index in [0.29, 0.717) is 0 Å². The lowest BCUT2D eigenvalue weighted by Crippen LogP contribution is -2.28. The van der Waals surface area contributed by atoms with Crippen molar-refractivity contribution < 1.29 is 4.42 Å². The Balaban J connectivity index is 1.07. The molecule has 0 N–H and O–H groups in total. The maximum atomic E-state index is 6.74. The number of fused-ring (bicyclic) bond motifs is 16. The number of furan rings is 1. The van der Waals surface area contributed by atoms with E-state index in [0.717, 1.165) is 50.1 Å². The van der Waals surface area contributed by atoms with Crippen LogP contribution in [0.5, 0.6) is 0 Å². The molecule has 0 bridgehead atoms. The highest BCUT2D eigenvalue weighted by Crippen LogP contribution is 2.65. The number of benzene rings is 11. The van der Waals surface area contributed by atoms with E-state index in [1.54, 1.807) is 0 Å². The fourth-order valence-corrected chi connectivity index (χ4v) is 13.0. The highest BCUT2D eigenvalue weighted by atomic mass is 16.3. The molecular weight excluding hydrogens is 847 g/mol. The SMILES string of the molecule is c1ccc(-c2cc3c(cc2N(c2ccc4c(c2)C(c2ccccc2)(c2ccccc2)c2ccccc2-4)c2ccc4c(c2)oc2ccccc24)C2(c4ccccc4-c4ccccc42)c2ccccc2-3)cc1. The number of anilines is 3. The molecule has 12 aromatic rings. The molecule has 1 heterocycles. The lowest BCUT2D eigenvalue weighted by molar-refractivity contribution is 0.669. The topological polar surface area (TPSA) is 16.4 Å². The number of rotatable bonds is 6. The summed E-state index contributed by atoms with van der Waals surface area (Å²) in [6, 6.07) is 96.9. The summed E-state index contributed by atoms with van der Waals surface area (Å²) in [6.07, 6.45) is 0.